The van der Waals surface area contributed by atoms with Crippen LogP contribution in [0, 0.1) is 0 Å². The van der Waals surface area contributed by atoms with E-state index in [0.717, 1.165) is 0 Å². The van der Waals surface area contributed by atoms with Gasteiger partial charge in [0.1, 0.15) is 11.5 Å². The van der Waals surface area contributed by atoms with E-state index in [2.05, 4.69) is 10.3 Å². The Balaban J connectivity index is 2.28. The summed E-state index contributed by atoms with van der Waals surface area (Å²) in [5, 5.41) is 11.4. The van der Waals surface area contributed by atoms with Gasteiger partial charge in [0.25, 0.3) is 0 Å². The van der Waals surface area contributed by atoms with Gasteiger partial charge in [-0.05, 0) is 48.5 Å². The zero-order chi connectivity index (χ0) is 16.2. The van der Waals surface area contributed by atoms with Crippen LogP contribution < -0.4 is 10.1 Å². The summed E-state index contributed by atoms with van der Waals surface area (Å²) >= 11 is 0. The second-order valence-corrected chi connectivity index (χ2v) is 4.33. The molecule has 2 aromatic rings. The SMILES string of the molecule is COc1ccc(NC(=Nc2ccc(O)cc2)C(F)(F)F)cc1. The molecule has 0 fully saturated rings. The van der Waals surface area contributed by atoms with Crippen LogP contribution >= 0.6 is 0 Å². The smallest absolute Gasteiger partial charge is 0.449 e. The third kappa shape index (κ3) is 4.15. The maximum Gasteiger partial charge on any atom is 0.449 e. The Morgan fingerprint density at radius 3 is 2.14 bits per heavy atom. The van der Waals surface area contributed by atoms with Crippen molar-refractivity contribution in [3.8, 4) is 11.5 Å². The zero-order valence-corrected chi connectivity index (χ0v) is 11.6. The normalized spacial score (nSPS) is 12.1. The van der Waals surface area contributed by atoms with Crippen molar-refractivity contribution in [2.75, 3.05) is 12.4 Å². The van der Waals surface area contributed by atoms with Gasteiger partial charge >= 0.3 is 6.18 Å². The molecule has 22 heavy (non-hydrogen) atoms. The van der Waals surface area contributed by atoms with Gasteiger partial charge < -0.3 is 15.2 Å². The Kier molecular flexibility index (Phi) is 4.55. The monoisotopic (exact) mass is 310 g/mol. The van der Waals surface area contributed by atoms with E-state index in [0.29, 0.717) is 5.75 Å². The van der Waals surface area contributed by atoms with Crippen LogP contribution in [0.1, 0.15) is 0 Å². The van der Waals surface area contributed by atoms with Crippen LogP contribution in [0.5, 0.6) is 11.5 Å². The standard InChI is InChI=1S/C15H13F3N2O2/c1-22-13-8-4-11(5-9-13)20-14(15(16,17)18)19-10-2-6-12(21)7-3-10/h2-9,21H,1H3,(H,19,20). The highest BCUT2D eigenvalue weighted by atomic mass is 19.4. The number of nitrogens with one attached hydrogen (secondary N) is 1. The minimum atomic E-state index is -4.64. The summed E-state index contributed by atoms with van der Waals surface area (Å²) in [6.45, 7) is 0. The molecule has 2 aromatic carbocycles. The molecule has 0 saturated carbocycles. The minimum Gasteiger partial charge on any atom is -0.508 e. The summed E-state index contributed by atoms with van der Waals surface area (Å²) in [7, 11) is 1.47. The number of phenolic OH excluding ortho intramolecular Hbond substituents is 1. The topological polar surface area (TPSA) is 53.8 Å². The van der Waals surface area contributed by atoms with Crippen molar-refractivity contribution in [3.05, 3.63) is 48.5 Å². The van der Waals surface area contributed by atoms with E-state index in [4.69, 9.17) is 9.84 Å². The molecule has 2 rings (SSSR count). The van der Waals surface area contributed by atoms with Gasteiger partial charge in [-0.1, -0.05) is 0 Å². The molecule has 0 spiro atoms. The zero-order valence-electron chi connectivity index (χ0n) is 11.6. The largest absolute Gasteiger partial charge is 0.508 e. The Morgan fingerprint density at radius 1 is 1.05 bits per heavy atom. The Hall–Kier alpha value is -2.70. The summed E-state index contributed by atoms with van der Waals surface area (Å²) in [5.41, 5.74) is 0.307. The number of hydrogen-bond acceptors (Lipinski definition) is 3. The molecule has 0 aliphatic heterocycles. The molecule has 0 unspecified atom stereocenters. The Labute approximate surface area is 124 Å². The summed E-state index contributed by atoms with van der Waals surface area (Å²) in [6.07, 6.45) is -4.64. The van der Waals surface area contributed by atoms with Gasteiger partial charge in [-0.15, -0.1) is 0 Å². The molecule has 0 aliphatic rings. The van der Waals surface area contributed by atoms with Gasteiger partial charge in [-0.2, -0.15) is 13.2 Å². The fourth-order valence-electron chi connectivity index (χ4n) is 1.63. The molecule has 0 bridgehead atoms. The van der Waals surface area contributed by atoms with Gasteiger partial charge in [-0.3, -0.25) is 0 Å². The molecule has 7 heteroatoms. The van der Waals surface area contributed by atoms with Gasteiger partial charge in [0, 0.05) is 5.69 Å². The first kappa shape index (κ1) is 15.7. The number of phenols is 1. The molecule has 4 nitrogen and oxygen atoms in total. The van der Waals surface area contributed by atoms with E-state index in [9.17, 15) is 13.2 Å². The highest BCUT2D eigenvalue weighted by Gasteiger charge is 2.36. The van der Waals surface area contributed by atoms with Crippen molar-refractivity contribution in [3.63, 3.8) is 0 Å². The van der Waals surface area contributed by atoms with Gasteiger partial charge in [0.15, 0.2) is 0 Å². The summed E-state index contributed by atoms with van der Waals surface area (Å²) in [6, 6.07) is 11.1. The van der Waals surface area contributed by atoms with Crippen LogP contribution in [0.25, 0.3) is 0 Å². The first-order valence-corrected chi connectivity index (χ1v) is 6.24. The average molecular weight is 310 g/mol. The fraction of sp³-hybridized carbons (Fsp3) is 0.133. The maximum atomic E-state index is 13.0. The van der Waals surface area contributed by atoms with E-state index in [-0.39, 0.29) is 17.1 Å². The van der Waals surface area contributed by atoms with Gasteiger partial charge in [-0.25, -0.2) is 4.99 Å². The lowest BCUT2D eigenvalue weighted by molar-refractivity contribution is -0.0586. The lowest BCUT2D eigenvalue weighted by Gasteiger charge is -2.13. The number of ether oxygens (including phenoxy) is 1. The third-order valence-corrected chi connectivity index (χ3v) is 2.71. The van der Waals surface area contributed by atoms with Crippen LogP contribution in [-0.2, 0) is 0 Å². The summed E-state index contributed by atoms with van der Waals surface area (Å²) in [5.74, 6) is -0.659. The fourth-order valence-corrected chi connectivity index (χ4v) is 1.63. The van der Waals surface area contributed by atoms with Crippen molar-refractivity contribution in [2.24, 2.45) is 4.99 Å². The number of anilines is 1. The van der Waals surface area contributed by atoms with Crippen LogP contribution in [0.4, 0.5) is 24.5 Å². The Bertz CT molecular complexity index is 650. The van der Waals surface area contributed by atoms with Crippen molar-refractivity contribution in [1.29, 1.82) is 0 Å². The second kappa shape index (κ2) is 6.38. The van der Waals surface area contributed by atoms with E-state index in [1.54, 1.807) is 0 Å². The molecular formula is C15H13F3N2O2. The number of aliphatic imine (C=N–C) groups is 1. The van der Waals surface area contributed by atoms with E-state index in [1.165, 1.54) is 55.6 Å². The number of hydrogen-bond donors (Lipinski definition) is 2. The molecule has 0 heterocycles. The van der Waals surface area contributed by atoms with E-state index < -0.39 is 12.0 Å². The number of nitrogens with zero attached hydrogens (tertiary/aromatic N) is 1. The van der Waals surface area contributed by atoms with Gasteiger partial charge in [0.2, 0.25) is 5.84 Å². The molecule has 0 saturated heterocycles. The second-order valence-electron chi connectivity index (χ2n) is 4.33. The molecule has 0 aromatic heterocycles. The van der Waals surface area contributed by atoms with Crippen LogP contribution in [0.2, 0.25) is 0 Å². The van der Waals surface area contributed by atoms with Crippen LogP contribution in [-0.4, -0.2) is 24.2 Å². The number of alkyl halides is 3. The number of benzene rings is 2. The number of rotatable bonds is 3. The highest BCUT2D eigenvalue weighted by molar-refractivity contribution is 6.01. The van der Waals surface area contributed by atoms with E-state index >= 15 is 0 Å². The lowest BCUT2D eigenvalue weighted by Crippen LogP contribution is -2.30. The van der Waals surface area contributed by atoms with E-state index in [1.807, 2.05) is 0 Å². The molecule has 2 N–H and O–H groups in total. The van der Waals surface area contributed by atoms with Gasteiger partial charge in [0.05, 0.1) is 12.8 Å². The van der Waals surface area contributed by atoms with Crippen LogP contribution in [0.15, 0.2) is 53.5 Å². The van der Waals surface area contributed by atoms with Crippen molar-refractivity contribution in [1.82, 2.24) is 0 Å². The molecule has 116 valence electrons. The highest BCUT2D eigenvalue weighted by Crippen LogP contribution is 2.25. The molecule has 0 aliphatic carbocycles. The quantitative estimate of drug-likeness (QED) is 0.663. The molecule has 0 radical (unpaired) electrons. The van der Waals surface area contributed by atoms with Crippen molar-refractivity contribution >= 4 is 17.2 Å². The first-order chi connectivity index (χ1) is 10.4. The predicted octanol–water partition coefficient (Wildman–Crippen LogP) is 4.11. The number of halogens is 3. The van der Waals surface area contributed by atoms with Crippen molar-refractivity contribution < 1.29 is 23.0 Å². The lowest BCUT2D eigenvalue weighted by atomic mass is 10.3. The predicted molar refractivity (Wildman–Crippen MR) is 77.9 cm³/mol. The average Bonchev–Trinajstić information content (AvgIpc) is 2.48. The third-order valence-electron chi connectivity index (χ3n) is 2.71. The van der Waals surface area contributed by atoms with Crippen molar-refractivity contribution in [2.45, 2.75) is 6.18 Å². The molecule has 0 atom stereocenters. The number of methoxy groups -OCH3 is 1. The van der Waals surface area contributed by atoms with Crippen LogP contribution in [0.3, 0.4) is 0 Å². The number of amidine groups is 1. The summed E-state index contributed by atoms with van der Waals surface area (Å²) in [4.78, 5) is 3.55. The number of aromatic hydroxyl groups is 1. The summed E-state index contributed by atoms with van der Waals surface area (Å²) < 4.78 is 44.1. The minimum absolute atomic E-state index is 0.0457. The molecular weight excluding hydrogens is 297 g/mol. The maximum absolute atomic E-state index is 13.0. The Morgan fingerprint density at radius 2 is 1.64 bits per heavy atom. The molecule has 0 amide bonds. The first-order valence-electron chi connectivity index (χ1n) is 6.24.